The summed E-state index contributed by atoms with van der Waals surface area (Å²) in [6.07, 6.45) is 0. The third kappa shape index (κ3) is 3.09. The van der Waals surface area contributed by atoms with Gasteiger partial charge in [0.25, 0.3) is 10.2 Å². The number of hydrogen-bond donors (Lipinski definition) is 2. The highest BCUT2D eigenvalue weighted by Crippen LogP contribution is 2.40. The minimum Gasteiger partial charge on any atom is -0.205 e. The van der Waals surface area contributed by atoms with Gasteiger partial charge >= 0.3 is 0 Å². The third-order valence-electron chi connectivity index (χ3n) is 3.92. The SMILES string of the molecule is CC1(c2ccc(Cl)cc2)NS(=O)(=O)NC1c1ccc(Cl)c(F)c1. The predicted octanol–water partition coefficient (Wildman–Crippen LogP) is 3.53. The Morgan fingerprint density at radius 3 is 2.39 bits per heavy atom. The van der Waals surface area contributed by atoms with Gasteiger partial charge in [0.1, 0.15) is 5.82 Å². The lowest BCUT2D eigenvalue weighted by molar-refractivity contribution is 0.378. The Labute approximate surface area is 143 Å². The fourth-order valence-corrected chi connectivity index (χ4v) is 4.53. The van der Waals surface area contributed by atoms with E-state index in [0.29, 0.717) is 16.1 Å². The molecule has 1 fully saturated rings. The summed E-state index contributed by atoms with van der Waals surface area (Å²) in [7, 11) is -3.72. The maximum absolute atomic E-state index is 13.8. The molecule has 1 saturated heterocycles. The van der Waals surface area contributed by atoms with E-state index in [2.05, 4.69) is 9.44 Å². The van der Waals surface area contributed by atoms with Crippen molar-refractivity contribution in [3.05, 3.63) is 69.5 Å². The van der Waals surface area contributed by atoms with E-state index in [1.807, 2.05) is 0 Å². The molecule has 0 saturated carbocycles. The van der Waals surface area contributed by atoms with Crippen LogP contribution in [-0.2, 0) is 15.7 Å². The monoisotopic (exact) mass is 374 g/mol. The molecule has 122 valence electrons. The van der Waals surface area contributed by atoms with Crippen LogP contribution in [0.2, 0.25) is 10.0 Å². The van der Waals surface area contributed by atoms with Crippen molar-refractivity contribution < 1.29 is 12.8 Å². The average Bonchev–Trinajstić information content (AvgIpc) is 2.73. The highest BCUT2D eigenvalue weighted by Gasteiger charge is 2.48. The van der Waals surface area contributed by atoms with Crippen LogP contribution in [0.25, 0.3) is 0 Å². The lowest BCUT2D eigenvalue weighted by atomic mass is 9.82. The van der Waals surface area contributed by atoms with Crippen molar-refractivity contribution in [3.8, 4) is 0 Å². The minimum atomic E-state index is -3.72. The highest BCUT2D eigenvalue weighted by atomic mass is 35.5. The van der Waals surface area contributed by atoms with Crippen LogP contribution in [0.1, 0.15) is 24.1 Å². The summed E-state index contributed by atoms with van der Waals surface area (Å²) in [5.74, 6) is -0.603. The summed E-state index contributed by atoms with van der Waals surface area (Å²) in [6, 6.07) is 10.4. The molecular weight excluding hydrogens is 362 g/mol. The second-order valence-corrected chi connectivity index (χ2v) is 7.83. The maximum atomic E-state index is 13.8. The molecule has 0 spiro atoms. The average molecular weight is 375 g/mol. The molecule has 0 amide bonds. The largest absolute Gasteiger partial charge is 0.278 e. The van der Waals surface area contributed by atoms with Crippen LogP contribution < -0.4 is 9.44 Å². The molecule has 23 heavy (non-hydrogen) atoms. The van der Waals surface area contributed by atoms with E-state index >= 15 is 0 Å². The Hall–Kier alpha value is -1.18. The molecule has 0 bridgehead atoms. The lowest BCUT2D eigenvalue weighted by Gasteiger charge is -2.30. The van der Waals surface area contributed by atoms with Crippen LogP contribution >= 0.6 is 23.2 Å². The van der Waals surface area contributed by atoms with Crippen molar-refractivity contribution in [1.29, 1.82) is 0 Å². The van der Waals surface area contributed by atoms with Gasteiger partial charge < -0.3 is 0 Å². The van der Waals surface area contributed by atoms with Gasteiger partial charge in [0.2, 0.25) is 0 Å². The first-order valence-electron chi connectivity index (χ1n) is 6.73. The van der Waals surface area contributed by atoms with Gasteiger partial charge in [-0.15, -0.1) is 0 Å². The quantitative estimate of drug-likeness (QED) is 0.844. The molecule has 1 aliphatic rings. The fraction of sp³-hybridized carbons (Fsp3) is 0.200. The van der Waals surface area contributed by atoms with Crippen LogP contribution in [0.15, 0.2) is 42.5 Å². The molecule has 2 aromatic rings. The Balaban J connectivity index is 2.12. The van der Waals surface area contributed by atoms with Gasteiger partial charge in [-0.3, -0.25) is 0 Å². The van der Waals surface area contributed by atoms with Crippen LogP contribution in [0.3, 0.4) is 0 Å². The molecule has 0 aromatic heterocycles. The zero-order valence-corrected chi connectivity index (χ0v) is 14.3. The number of hydrogen-bond acceptors (Lipinski definition) is 2. The van der Waals surface area contributed by atoms with Crippen LogP contribution in [0.4, 0.5) is 4.39 Å². The van der Waals surface area contributed by atoms with Gasteiger partial charge in [0.15, 0.2) is 0 Å². The van der Waals surface area contributed by atoms with Crippen molar-refractivity contribution in [1.82, 2.24) is 9.44 Å². The molecular formula is C15H13Cl2FN2O2S. The molecule has 2 atom stereocenters. The zero-order chi connectivity index (χ0) is 16.8. The Morgan fingerprint density at radius 2 is 1.78 bits per heavy atom. The summed E-state index contributed by atoms with van der Waals surface area (Å²) >= 11 is 11.6. The van der Waals surface area contributed by atoms with Crippen LogP contribution in [0.5, 0.6) is 0 Å². The van der Waals surface area contributed by atoms with E-state index in [0.717, 1.165) is 0 Å². The molecule has 1 aliphatic heterocycles. The summed E-state index contributed by atoms with van der Waals surface area (Å²) in [5.41, 5.74) is 0.178. The second kappa shape index (κ2) is 5.72. The Morgan fingerprint density at radius 1 is 1.13 bits per heavy atom. The van der Waals surface area contributed by atoms with Gasteiger partial charge in [-0.05, 0) is 42.3 Å². The molecule has 3 rings (SSSR count). The maximum Gasteiger partial charge on any atom is 0.278 e. The number of rotatable bonds is 2. The number of halogens is 3. The van der Waals surface area contributed by atoms with Gasteiger partial charge in [-0.2, -0.15) is 17.9 Å². The van der Waals surface area contributed by atoms with Crippen LogP contribution in [0, 0.1) is 5.82 Å². The number of benzene rings is 2. The summed E-state index contributed by atoms with van der Waals surface area (Å²) in [6.45, 7) is 1.73. The van der Waals surface area contributed by atoms with E-state index in [4.69, 9.17) is 23.2 Å². The van der Waals surface area contributed by atoms with E-state index in [-0.39, 0.29) is 5.02 Å². The van der Waals surface area contributed by atoms with E-state index < -0.39 is 27.6 Å². The van der Waals surface area contributed by atoms with Crippen molar-refractivity contribution in [2.75, 3.05) is 0 Å². The standard InChI is InChI=1S/C15H13Cl2FN2O2S/c1-15(10-3-5-11(16)6-4-10)14(19-23(21,22)20-15)9-2-7-12(17)13(18)8-9/h2-8,14,19-20H,1H3. The van der Waals surface area contributed by atoms with Gasteiger partial charge in [-0.1, -0.05) is 41.4 Å². The van der Waals surface area contributed by atoms with Crippen molar-refractivity contribution >= 4 is 33.4 Å². The first-order chi connectivity index (χ1) is 10.7. The smallest absolute Gasteiger partial charge is 0.205 e. The van der Waals surface area contributed by atoms with Crippen molar-refractivity contribution in [3.63, 3.8) is 0 Å². The Kier molecular flexibility index (Phi) is 4.14. The molecule has 1 heterocycles. The second-order valence-electron chi connectivity index (χ2n) is 5.54. The molecule has 2 unspecified atom stereocenters. The molecule has 8 heteroatoms. The first-order valence-corrected chi connectivity index (χ1v) is 8.97. The van der Waals surface area contributed by atoms with Crippen molar-refractivity contribution in [2.45, 2.75) is 18.5 Å². The fourth-order valence-electron chi connectivity index (χ4n) is 2.76. The lowest BCUT2D eigenvalue weighted by Crippen LogP contribution is -2.39. The highest BCUT2D eigenvalue weighted by molar-refractivity contribution is 7.87. The molecule has 2 aromatic carbocycles. The van der Waals surface area contributed by atoms with E-state index in [1.165, 1.54) is 12.1 Å². The number of nitrogens with one attached hydrogen (secondary N) is 2. The van der Waals surface area contributed by atoms with Gasteiger partial charge in [-0.25, -0.2) is 4.39 Å². The predicted molar refractivity (Wildman–Crippen MR) is 88.1 cm³/mol. The van der Waals surface area contributed by atoms with Crippen LogP contribution in [-0.4, -0.2) is 8.42 Å². The normalized spacial score (nSPS) is 26.3. The summed E-state index contributed by atoms with van der Waals surface area (Å²) < 4.78 is 43.0. The van der Waals surface area contributed by atoms with Gasteiger partial charge in [0, 0.05) is 5.02 Å². The topological polar surface area (TPSA) is 58.2 Å². The first kappa shape index (κ1) is 16.7. The summed E-state index contributed by atoms with van der Waals surface area (Å²) in [5, 5.41) is 0.524. The van der Waals surface area contributed by atoms with Gasteiger partial charge in [0.05, 0.1) is 16.6 Å². The van der Waals surface area contributed by atoms with E-state index in [9.17, 15) is 12.8 Å². The molecule has 0 aliphatic carbocycles. The zero-order valence-electron chi connectivity index (χ0n) is 12.0. The molecule has 2 N–H and O–H groups in total. The van der Waals surface area contributed by atoms with Crippen molar-refractivity contribution in [2.24, 2.45) is 0 Å². The van der Waals surface area contributed by atoms with E-state index in [1.54, 1.807) is 37.3 Å². The third-order valence-corrected chi connectivity index (χ3v) is 5.71. The summed E-state index contributed by atoms with van der Waals surface area (Å²) in [4.78, 5) is 0. The Bertz CT molecular complexity index is 858. The molecule has 4 nitrogen and oxygen atoms in total. The minimum absolute atomic E-state index is 0.0178. The molecule has 0 radical (unpaired) electrons.